The Balaban J connectivity index is 1.36. The van der Waals surface area contributed by atoms with Crippen LogP contribution in [0.15, 0.2) is 18.6 Å². The lowest BCUT2D eigenvalue weighted by atomic mass is 10.1. The van der Waals surface area contributed by atoms with Crippen LogP contribution in [0.2, 0.25) is 0 Å². The molecule has 0 bridgehead atoms. The average Bonchev–Trinajstić information content (AvgIpc) is 3.13. The van der Waals surface area contributed by atoms with Gasteiger partial charge in [-0.1, -0.05) is 28.0 Å². The molecule has 0 spiro atoms. The molecule has 7 heteroatoms. The highest BCUT2D eigenvalue weighted by Crippen LogP contribution is 2.39. The van der Waals surface area contributed by atoms with Gasteiger partial charge in [0.25, 0.3) is 0 Å². The van der Waals surface area contributed by atoms with Gasteiger partial charge >= 0.3 is 0 Å². The number of unbranched alkanes of at least 4 members (excludes halogenated alkanes) is 1. The van der Waals surface area contributed by atoms with Crippen LogP contribution in [0.1, 0.15) is 44.9 Å². The molecule has 5 nitrogen and oxygen atoms in total. The maximum Gasteiger partial charge on any atom is 0.222 e. The van der Waals surface area contributed by atoms with Crippen molar-refractivity contribution in [1.82, 2.24) is 14.9 Å². The van der Waals surface area contributed by atoms with Gasteiger partial charge < -0.3 is 9.64 Å². The molecule has 2 aliphatic heterocycles. The third-order valence-electron chi connectivity index (χ3n) is 4.47. The van der Waals surface area contributed by atoms with Crippen LogP contribution >= 0.6 is 21.6 Å². The summed E-state index contributed by atoms with van der Waals surface area (Å²) >= 11 is 0. The summed E-state index contributed by atoms with van der Waals surface area (Å²) in [5, 5.41) is 0.811. The zero-order valence-electron chi connectivity index (χ0n) is 13.9. The van der Waals surface area contributed by atoms with Gasteiger partial charge in [-0.3, -0.25) is 4.79 Å². The fourth-order valence-electron chi connectivity index (χ4n) is 3.15. The van der Waals surface area contributed by atoms with E-state index < -0.39 is 0 Å². The van der Waals surface area contributed by atoms with Crippen LogP contribution in [0.5, 0.6) is 5.88 Å². The van der Waals surface area contributed by atoms with E-state index in [0.717, 1.165) is 31.1 Å². The number of carbonyl (C=O) groups excluding carboxylic acids is 1. The molecule has 1 aromatic rings. The molecular formula is C17H25N3O2S2. The quantitative estimate of drug-likeness (QED) is 0.542. The van der Waals surface area contributed by atoms with E-state index in [2.05, 4.69) is 9.97 Å². The molecule has 2 atom stereocenters. The van der Waals surface area contributed by atoms with E-state index in [1.807, 2.05) is 26.5 Å². The summed E-state index contributed by atoms with van der Waals surface area (Å²) in [7, 11) is 4.01. The van der Waals surface area contributed by atoms with E-state index >= 15 is 0 Å². The number of ether oxygens (including phenoxy) is 1. The minimum Gasteiger partial charge on any atom is -0.472 e. The molecule has 2 saturated heterocycles. The number of carbonyl (C=O) groups is 1. The van der Waals surface area contributed by atoms with Gasteiger partial charge in [-0.2, -0.15) is 0 Å². The fraction of sp³-hybridized carbons (Fsp3) is 0.706. The summed E-state index contributed by atoms with van der Waals surface area (Å²) in [6.45, 7) is 1.54. The van der Waals surface area contributed by atoms with Crippen molar-refractivity contribution >= 4 is 27.5 Å². The fourth-order valence-corrected chi connectivity index (χ4v) is 6.18. The molecule has 2 unspecified atom stereocenters. The highest BCUT2D eigenvalue weighted by atomic mass is 33.1. The van der Waals surface area contributed by atoms with E-state index in [1.165, 1.54) is 31.3 Å². The lowest BCUT2D eigenvalue weighted by Crippen LogP contribution is -2.44. The van der Waals surface area contributed by atoms with Gasteiger partial charge in [0.15, 0.2) is 0 Å². The third-order valence-corrected chi connectivity index (χ3v) is 7.47. The van der Waals surface area contributed by atoms with Crippen LogP contribution < -0.4 is 4.74 Å². The van der Waals surface area contributed by atoms with Crippen molar-refractivity contribution in [2.24, 2.45) is 0 Å². The van der Waals surface area contributed by atoms with Gasteiger partial charge in [-0.05, 0) is 32.1 Å². The number of aromatic nitrogens is 2. The molecule has 2 aliphatic rings. The molecule has 3 heterocycles. The Bertz CT molecular complexity index is 512. The van der Waals surface area contributed by atoms with Crippen molar-refractivity contribution in [3.63, 3.8) is 0 Å². The van der Waals surface area contributed by atoms with Crippen LogP contribution in [0, 0.1) is 0 Å². The summed E-state index contributed by atoms with van der Waals surface area (Å²) < 4.78 is 5.88. The van der Waals surface area contributed by atoms with Crippen LogP contribution in [0.3, 0.4) is 0 Å². The number of piperidine rings is 1. The zero-order valence-corrected chi connectivity index (χ0v) is 15.6. The molecule has 132 valence electrons. The highest BCUT2D eigenvalue weighted by molar-refractivity contribution is 8.77. The normalized spacial score (nSPS) is 24.1. The van der Waals surface area contributed by atoms with Gasteiger partial charge in [0.1, 0.15) is 12.4 Å². The van der Waals surface area contributed by atoms with Crippen molar-refractivity contribution in [2.75, 3.05) is 18.8 Å². The van der Waals surface area contributed by atoms with E-state index in [0.29, 0.717) is 18.8 Å². The SMILES string of the molecule is O=C(CCCCC1CCSS1)N1CCCC(Oc2ccncn2)C1. The van der Waals surface area contributed by atoms with Crippen LogP contribution in [-0.2, 0) is 4.79 Å². The summed E-state index contributed by atoms with van der Waals surface area (Å²) in [6, 6.07) is 1.76. The van der Waals surface area contributed by atoms with Crippen molar-refractivity contribution < 1.29 is 9.53 Å². The number of hydrogen-bond acceptors (Lipinski definition) is 6. The van der Waals surface area contributed by atoms with Crippen LogP contribution in [0.4, 0.5) is 0 Å². The summed E-state index contributed by atoms with van der Waals surface area (Å²) in [4.78, 5) is 22.4. The summed E-state index contributed by atoms with van der Waals surface area (Å²) in [6.07, 6.45) is 10.6. The lowest BCUT2D eigenvalue weighted by molar-refractivity contribution is -0.134. The van der Waals surface area contributed by atoms with E-state index in [-0.39, 0.29) is 12.0 Å². The van der Waals surface area contributed by atoms with Crippen molar-refractivity contribution in [1.29, 1.82) is 0 Å². The third kappa shape index (κ3) is 5.55. The molecule has 1 aromatic heterocycles. The first kappa shape index (κ1) is 17.9. The van der Waals surface area contributed by atoms with Gasteiger partial charge in [-0.25, -0.2) is 9.97 Å². The second-order valence-corrected chi connectivity index (χ2v) is 9.13. The first-order valence-corrected chi connectivity index (χ1v) is 11.2. The molecule has 0 N–H and O–H groups in total. The first-order chi connectivity index (χ1) is 11.8. The second-order valence-electron chi connectivity index (χ2n) is 6.34. The maximum atomic E-state index is 12.4. The minimum absolute atomic E-state index is 0.0458. The van der Waals surface area contributed by atoms with Gasteiger partial charge in [0.2, 0.25) is 11.8 Å². The molecule has 24 heavy (non-hydrogen) atoms. The smallest absolute Gasteiger partial charge is 0.222 e. The standard InChI is InChI=1S/C17H25N3O2S2/c21-17(6-2-1-5-15-8-11-23-24-15)20-10-3-4-14(12-20)22-16-7-9-18-13-19-16/h7,9,13-15H,1-6,8,10-12H2. The Morgan fingerprint density at radius 2 is 2.33 bits per heavy atom. The summed E-state index contributed by atoms with van der Waals surface area (Å²) in [5.41, 5.74) is 0. The Labute approximate surface area is 151 Å². The number of nitrogens with zero attached hydrogens (tertiary/aromatic N) is 3. The summed E-state index contributed by atoms with van der Waals surface area (Å²) in [5.74, 6) is 2.16. The predicted octanol–water partition coefficient (Wildman–Crippen LogP) is 3.56. The van der Waals surface area contributed by atoms with Crippen LogP contribution in [0.25, 0.3) is 0 Å². The Morgan fingerprint density at radius 1 is 1.38 bits per heavy atom. The van der Waals surface area contributed by atoms with Gasteiger partial charge in [0.05, 0.1) is 6.54 Å². The largest absolute Gasteiger partial charge is 0.472 e. The molecule has 2 fully saturated rings. The molecule has 0 aliphatic carbocycles. The van der Waals surface area contributed by atoms with Gasteiger partial charge in [-0.15, -0.1) is 0 Å². The van der Waals surface area contributed by atoms with Crippen molar-refractivity contribution in [3.05, 3.63) is 18.6 Å². The van der Waals surface area contributed by atoms with Crippen LogP contribution in [-0.4, -0.2) is 51.0 Å². The second kappa shape index (κ2) is 9.51. The topological polar surface area (TPSA) is 55.3 Å². The monoisotopic (exact) mass is 367 g/mol. The number of amides is 1. The maximum absolute atomic E-state index is 12.4. The van der Waals surface area contributed by atoms with Crippen molar-refractivity contribution in [3.8, 4) is 5.88 Å². The Morgan fingerprint density at radius 3 is 3.12 bits per heavy atom. The number of hydrogen-bond donors (Lipinski definition) is 0. The molecule has 0 radical (unpaired) electrons. The predicted molar refractivity (Wildman–Crippen MR) is 99.2 cm³/mol. The zero-order chi connectivity index (χ0) is 16.6. The van der Waals surface area contributed by atoms with Crippen molar-refractivity contribution in [2.45, 2.75) is 56.3 Å². The Hall–Kier alpha value is -0.950. The first-order valence-electron chi connectivity index (χ1n) is 8.80. The number of likely N-dealkylation sites (tertiary alicyclic amines) is 1. The molecule has 0 aromatic carbocycles. The molecule has 0 saturated carbocycles. The average molecular weight is 368 g/mol. The van der Waals surface area contributed by atoms with Gasteiger partial charge in [0, 0.05) is 36.2 Å². The Kier molecular flexibility index (Phi) is 7.08. The molecule has 3 rings (SSSR count). The van der Waals surface area contributed by atoms with E-state index in [4.69, 9.17) is 4.74 Å². The van der Waals surface area contributed by atoms with E-state index in [9.17, 15) is 4.79 Å². The minimum atomic E-state index is 0.0458. The molecule has 1 amide bonds. The van der Waals surface area contributed by atoms with E-state index in [1.54, 1.807) is 12.3 Å². The lowest BCUT2D eigenvalue weighted by Gasteiger charge is -2.32. The number of rotatable bonds is 7. The highest BCUT2D eigenvalue weighted by Gasteiger charge is 2.25. The molecular weight excluding hydrogens is 342 g/mol.